The van der Waals surface area contributed by atoms with E-state index in [4.69, 9.17) is 4.74 Å². The number of nitrogens with zero attached hydrogens (tertiary/aromatic N) is 1. The minimum atomic E-state index is -1.42. The highest BCUT2D eigenvalue weighted by molar-refractivity contribution is 9.10. The van der Waals surface area contributed by atoms with Gasteiger partial charge in [0.05, 0.1) is 17.4 Å². The second-order valence-electron chi connectivity index (χ2n) is 6.79. The number of aryl methyl sites for hydroxylation is 1. The molecule has 0 aliphatic heterocycles. The lowest BCUT2D eigenvalue weighted by Crippen LogP contribution is -2.56. The molecule has 1 heterocycles. The van der Waals surface area contributed by atoms with Crippen molar-refractivity contribution in [2.24, 2.45) is 13.0 Å². The van der Waals surface area contributed by atoms with Gasteiger partial charge in [-0.25, -0.2) is 0 Å². The van der Waals surface area contributed by atoms with Crippen LogP contribution in [0.4, 0.5) is 0 Å². The van der Waals surface area contributed by atoms with Crippen molar-refractivity contribution in [3.05, 3.63) is 35.5 Å². The topological polar surface area (TPSA) is 65.4 Å². The first-order chi connectivity index (χ1) is 11.9. The predicted molar refractivity (Wildman–Crippen MR) is 95.8 cm³/mol. The van der Waals surface area contributed by atoms with E-state index in [9.17, 15) is 14.4 Å². The van der Waals surface area contributed by atoms with Crippen molar-refractivity contribution in [2.75, 3.05) is 6.61 Å². The average molecular weight is 404 g/mol. The van der Waals surface area contributed by atoms with Gasteiger partial charge in [0.25, 0.3) is 0 Å². The summed E-state index contributed by atoms with van der Waals surface area (Å²) >= 11 is 3.41. The van der Waals surface area contributed by atoms with E-state index in [0.29, 0.717) is 12.0 Å². The molecule has 0 amide bonds. The molecule has 0 spiro atoms. The van der Waals surface area contributed by atoms with Gasteiger partial charge in [-0.15, -0.1) is 0 Å². The summed E-state index contributed by atoms with van der Waals surface area (Å²) in [6, 6.07) is 5.66. The van der Waals surface area contributed by atoms with Crippen LogP contribution < -0.4 is 0 Å². The number of halogens is 1. The first-order valence-electron chi connectivity index (χ1n) is 8.38. The third-order valence-corrected chi connectivity index (χ3v) is 6.25. The molecule has 1 aromatic heterocycles. The SMILES string of the molecule is CCOC(=O)[C@]12C[C@H](Br)C(=O)[C@H](Cc3cn(C)c4cccc1c34)C2=O. The zero-order valence-corrected chi connectivity index (χ0v) is 15.6. The first kappa shape index (κ1) is 16.5. The zero-order valence-electron chi connectivity index (χ0n) is 14.0. The Morgan fingerprint density at radius 2 is 2.16 bits per heavy atom. The number of aromatic nitrogens is 1. The summed E-state index contributed by atoms with van der Waals surface area (Å²) in [4.78, 5) is 38.5. The fraction of sp³-hybridized carbons (Fsp3) is 0.421. The smallest absolute Gasteiger partial charge is 0.324 e. The molecule has 25 heavy (non-hydrogen) atoms. The highest BCUT2D eigenvalue weighted by Gasteiger charge is 2.60. The van der Waals surface area contributed by atoms with E-state index < -0.39 is 22.1 Å². The van der Waals surface area contributed by atoms with Crippen LogP contribution in [0.2, 0.25) is 0 Å². The molecule has 0 N–H and O–H groups in total. The molecule has 130 valence electrons. The molecule has 3 atom stereocenters. The van der Waals surface area contributed by atoms with Gasteiger partial charge in [0.15, 0.2) is 17.0 Å². The Morgan fingerprint density at radius 1 is 1.40 bits per heavy atom. The molecule has 1 aromatic carbocycles. The molecule has 0 saturated heterocycles. The van der Waals surface area contributed by atoms with Crippen molar-refractivity contribution in [2.45, 2.75) is 30.0 Å². The monoisotopic (exact) mass is 403 g/mol. The van der Waals surface area contributed by atoms with Crippen LogP contribution in [0.1, 0.15) is 24.5 Å². The number of fused-ring (bicyclic) bond motifs is 3. The predicted octanol–water partition coefficient (Wildman–Crippen LogP) is 2.46. The van der Waals surface area contributed by atoms with Crippen molar-refractivity contribution >= 4 is 44.4 Å². The van der Waals surface area contributed by atoms with Crippen molar-refractivity contribution in [1.82, 2.24) is 4.57 Å². The highest BCUT2D eigenvalue weighted by Crippen LogP contribution is 2.48. The second-order valence-corrected chi connectivity index (χ2v) is 7.89. The molecule has 1 saturated carbocycles. The summed E-state index contributed by atoms with van der Waals surface area (Å²) < 4.78 is 7.30. The van der Waals surface area contributed by atoms with E-state index in [0.717, 1.165) is 16.5 Å². The number of benzene rings is 1. The van der Waals surface area contributed by atoms with Crippen molar-refractivity contribution in [3.8, 4) is 0 Å². The fourth-order valence-electron chi connectivity index (χ4n) is 4.37. The van der Waals surface area contributed by atoms with Gasteiger partial charge in [0.2, 0.25) is 0 Å². The first-order valence-corrected chi connectivity index (χ1v) is 9.30. The largest absolute Gasteiger partial charge is 0.465 e. The maximum absolute atomic E-state index is 13.4. The van der Waals surface area contributed by atoms with Gasteiger partial charge in [-0.1, -0.05) is 28.1 Å². The normalized spacial score (nSPS) is 28.1. The lowest BCUT2D eigenvalue weighted by atomic mass is 9.64. The lowest BCUT2D eigenvalue weighted by Gasteiger charge is -2.38. The van der Waals surface area contributed by atoms with Gasteiger partial charge in [-0.2, -0.15) is 0 Å². The summed E-state index contributed by atoms with van der Waals surface area (Å²) in [7, 11) is 1.93. The molecule has 2 bridgehead atoms. The Hall–Kier alpha value is -1.95. The minimum absolute atomic E-state index is 0.105. The lowest BCUT2D eigenvalue weighted by molar-refractivity contribution is -0.158. The number of hydrogen-bond acceptors (Lipinski definition) is 4. The van der Waals surface area contributed by atoms with Gasteiger partial charge >= 0.3 is 5.97 Å². The Balaban J connectivity index is 2.10. The van der Waals surface area contributed by atoms with E-state index in [1.165, 1.54) is 0 Å². The van der Waals surface area contributed by atoms with E-state index in [1.807, 2.05) is 36.0 Å². The van der Waals surface area contributed by atoms with Crippen molar-refractivity contribution < 1.29 is 19.1 Å². The van der Waals surface area contributed by atoms with Crippen LogP contribution in [-0.2, 0) is 38.0 Å². The van der Waals surface area contributed by atoms with Crippen LogP contribution >= 0.6 is 15.9 Å². The minimum Gasteiger partial charge on any atom is -0.465 e. The fourth-order valence-corrected chi connectivity index (χ4v) is 5.17. The summed E-state index contributed by atoms with van der Waals surface area (Å²) in [6.07, 6.45) is 2.39. The average Bonchev–Trinajstić information content (AvgIpc) is 2.87. The Labute approximate surface area is 153 Å². The molecule has 6 heteroatoms. The number of rotatable bonds is 2. The van der Waals surface area contributed by atoms with Crippen LogP contribution in [0, 0.1) is 5.92 Å². The molecule has 2 aliphatic carbocycles. The van der Waals surface area contributed by atoms with E-state index in [-0.39, 0.29) is 24.6 Å². The number of Topliss-reactive ketones (excluding diaryl/α,β-unsaturated/α-hetero) is 2. The molecule has 1 fully saturated rings. The number of carbonyl (C=O) groups is 3. The maximum Gasteiger partial charge on any atom is 0.324 e. The molecule has 2 aliphatic rings. The van der Waals surface area contributed by atoms with E-state index >= 15 is 0 Å². The summed E-state index contributed by atoms with van der Waals surface area (Å²) in [5.74, 6) is -1.83. The number of alkyl halides is 1. The molecular weight excluding hydrogens is 386 g/mol. The molecule has 4 rings (SSSR count). The third kappa shape index (κ3) is 2.03. The number of hydrogen-bond donors (Lipinski definition) is 0. The summed E-state index contributed by atoms with van der Waals surface area (Å²) in [5, 5.41) is 0.906. The van der Waals surface area contributed by atoms with Gasteiger partial charge in [-0.3, -0.25) is 14.4 Å². The Morgan fingerprint density at radius 3 is 2.88 bits per heavy atom. The van der Waals surface area contributed by atoms with Gasteiger partial charge < -0.3 is 9.30 Å². The highest BCUT2D eigenvalue weighted by atomic mass is 79.9. The molecule has 2 aromatic rings. The molecule has 0 unspecified atom stereocenters. The molecule has 0 radical (unpaired) electrons. The van der Waals surface area contributed by atoms with Crippen LogP contribution in [0.15, 0.2) is 24.4 Å². The molecular formula is C19H18BrNO4. The number of esters is 1. The number of ether oxygens (including phenoxy) is 1. The maximum atomic E-state index is 13.4. The zero-order chi connectivity index (χ0) is 17.9. The number of ketones is 2. The number of carbonyl (C=O) groups excluding carboxylic acids is 3. The van der Waals surface area contributed by atoms with Crippen LogP contribution in [0.5, 0.6) is 0 Å². The third-order valence-electron chi connectivity index (χ3n) is 5.48. The van der Waals surface area contributed by atoms with Crippen LogP contribution in [0.25, 0.3) is 10.9 Å². The van der Waals surface area contributed by atoms with E-state index in [2.05, 4.69) is 15.9 Å². The Kier molecular flexibility index (Phi) is 3.65. The summed E-state index contributed by atoms with van der Waals surface area (Å²) in [5.41, 5.74) is 1.14. The van der Waals surface area contributed by atoms with Crippen molar-refractivity contribution in [3.63, 3.8) is 0 Å². The quantitative estimate of drug-likeness (QED) is 0.438. The summed E-state index contributed by atoms with van der Waals surface area (Å²) in [6.45, 7) is 1.92. The Bertz CT molecular complexity index is 931. The van der Waals surface area contributed by atoms with Crippen LogP contribution in [0.3, 0.4) is 0 Å². The molecule has 5 nitrogen and oxygen atoms in total. The second kappa shape index (κ2) is 5.53. The van der Waals surface area contributed by atoms with E-state index in [1.54, 1.807) is 6.92 Å². The van der Waals surface area contributed by atoms with Gasteiger partial charge in [0.1, 0.15) is 0 Å². The van der Waals surface area contributed by atoms with Crippen molar-refractivity contribution in [1.29, 1.82) is 0 Å². The van der Waals surface area contributed by atoms with Gasteiger partial charge in [-0.05, 0) is 37.0 Å². The standard InChI is InChI=1S/C19H18BrNO4/c1-3-25-18(24)19-8-13(20)16(22)11(17(19)23)7-10-9-21(2)14-6-4-5-12(19)15(10)14/h4-6,9,11,13H,3,7-8H2,1-2H3/t11-,13-,19+/m0/s1. The van der Waals surface area contributed by atoms with Crippen LogP contribution in [-0.4, -0.2) is 33.5 Å². The van der Waals surface area contributed by atoms with Gasteiger partial charge in [0, 0.05) is 24.1 Å².